The molecule has 2 N–H and O–H groups in total. The van der Waals surface area contributed by atoms with Gasteiger partial charge in [0.05, 0.1) is 11.4 Å². The van der Waals surface area contributed by atoms with Crippen LogP contribution < -0.4 is 10.0 Å². The van der Waals surface area contributed by atoms with Crippen molar-refractivity contribution in [2.75, 3.05) is 25.0 Å². The lowest BCUT2D eigenvalue weighted by Crippen LogP contribution is -2.39. The van der Waals surface area contributed by atoms with E-state index in [1.165, 1.54) is 17.7 Å². The minimum atomic E-state index is -3.70. The molecule has 7 heteroatoms. The van der Waals surface area contributed by atoms with Crippen molar-refractivity contribution in [2.45, 2.75) is 24.3 Å². The predicted molar refractivity (Wildman–Crippen MR) is 101 cm³/mol. The first-order valence-corrected chi connectivity index (χ1v) is 10.0. The van der Waals surface area contributed by atoms with Gasteiger partial charge >= 0.3 is 0 Å². The fourth-order valence-electron chi connectivity index (χ4n) is 3.22. The monoisotopic (exact) mass is 373 g/mol. The third-order valence-electron chi connectivity index (χ3n) is 4.93. The van der Waals surface area contributed by atoms with Crippen LogP contribution >= 0.6 is 0 Å². The number of amides is 1. The Kier molecular flexibility index (Phi) is 5.13. The highest BCUT2D eigenvalue weighted by Gasteiger charge is 2.26. The number of fused-ring (bicyclic) bond motifs is 1. The quantitative estimate of drug-likeness (QED) is 0.868. The molecule has 26 heavy (non-hydrogen) atoms. The molecular formula is C19H23N3O3S. The largest absolute Gasteiger partial charge is 0.311 e. The average Bonchev–Trinajstić information content (AvgIpc) is 3.04. The van der Waals surface area contributed by atoms with Gasteiger partial charge in [0, 0.05) is 18.3 Å². The molecule has 138 valence electrons. The molecule has 6 nitrogen and oxygen atoms in total. The molecule has 0 bridgehead atoms. The van der Waals surface area contributed by atoms with Crippen molar-refractivity contribution in [3.05, 3.63) is 59.7 Å². The lowest BCUT2D eigenvalue weighted by atomic mass is 10.1. The van der Waals surface area contributed by atoms with Gasteiger partial charge < -0.3 is 4.90 Å². The second-order valence-electron chi connectivity index (χ2n) is 6.63. The zero-order valence-corrected chi connectivity index (χ0v) is 15.7. The number of nitrogens with zero attached hydrogens (tertiary/aromatic N) is 2. The van der Waals surface area contributed by atoms with Gasteiger partial charge in [-0.3, -0.25) is 9.69 Å². The molecule has 0 radical (unpaired) electrons. The number of primary sulfonamides is 1. The van der Waals surface area contributed by atoms with Crippen LogP contribution in [-0.2, 0) is 21.2 Å². The van der Waals surface area contributed by atoms with Crippen LogP contribution in [0.2, 0.25) is 0 Å². The SMILES string of the molecule is C[C@H](c1ccc(S(N)(=O)=O)cc1)N(C)CC(=O)N1CCc2ccccc21. The number of hydrogen-bond donors (Lipinski definition) is 1. The van der Waals surface area contributed by atoms with Crippen LogP contribution in [-0.4, -0.2) is 39.4 Å². The summed E-state index contributed by atoms with van der Waals surface area (Å²) in [7, 11) is -1.81. The lowest BCUT2D eigenvalue weighted by molar-refractivity contribution is -0.119. The summed E-state index contributed by atoms with van der Waals surface area (Å²) in [4.78, 5) is 16.6. The predicted octanol–water partition coefficient (Wildman–Crippen LogP) is 1.92. The third kappa shape index (κ3) is 3.80. The van der Waals surface area contributed by atoms with Gasteiger partial charge in [0.1, 0.15) is 0 Å². The Hall–Kier alpha value is -2.22. The number of likely N-dealkylation sites (N-methyl/N-ethyl adjacent to an activating group) is 1. The number of para-hydroxylation sites is 1. The van der Waals surface area contributed by atoms with Crippen molar-refractivity contribution >= 4 is 21.6 Å². The standard InChI is InChI=1S/C19H23N3O3S/c1-14(15-7-9-17(10-8-15)26(20,24)25)21(2)13-19(23)22-12-11-16-5-3-4-6-18(16)22/h3-10,14H,11-13H2,1-2H3,(H2,20,24,25)/t14-/m1/s1. The van der Waals surface area contributed by atoms with Gasteiger partial charge in [0.15, 0.2) is 0 Å². The van der Waals surface area contributed by atoms with E-state index in [9.17, 15) is 13.2 Å². The van der Waals surface area contributed by atoms with E-state index in [0.29, 0.717) is 6.54 Å². The summed E-state index contributed by atoms with van der Waals surface area (Å²) in [6.45, 7) is 2.98. The summed E-state index contributed by atoms with van der Waals surface area (Å²) in [6, 6.07) is 14.4. The number of carbonyl (C=O) groups is 1. The van der Waals surface area contributed by atoms with Crippen LogP contribution in [0.15, 0.2) is 53.4 Å². The maximum Gasteiger partial charge on any atom is 0.241 e. The Labute approximate surface area is 154 Å². The topological polar surface area (TPSA) is 83.7 Å². The molecule has 0 aliphatic carbocycles. The van der Waals surface area contributed by atoms with Crippen molar-refractivity contribution in [1.29, 1.82) is 0 Å². The molecule has 0 aromatic heterocycles. The van der Waals surface area contributed by atoms with Gasteiger partial charge in [-0.2, -0.15) is 0 Å². The van der Waals surface area contributed by atoms with Crippen molar-refractivity contribution in [3.8, 4) is 0 Å². The van der Waals surface area contributed by atoms with Crippen LogP contribution in [0, 0.1) is 0 Å². The molecule has 3 rings (SSSR count). The minimum absolute atomic E-state index is 0.0358. The maximum absolute atomic E-state index is 12.7. The first kappa shape index (κ1) is 18.6. The summed E-state index contributed by atoms with van der Waals surface area (Å²) >= 11 is 0. The molecular weight excluding hydrogens is 350 g/mol. The molecule has 2 aromatic carbocycles. The Morgan fingerprint density at radius 1 is 1.19 bits per heavy atom. The molecule has 1 amide bonds. The molecule has 1 atom stereocenters. The minimum Gasteiger partial charge on any atom is -0.311 e. The van der Waals surface area contributed by atoms with E-state index in [0.717, 1.165) is 17.7 Å². The summed E-state index contributed by atoms with van der Waals surface area (Å²) in [5.41, 5.74) is 3.13. The van der Waals surface area contributed by atoms with E-state index >= 15 is 0 Å². The van der Waals surface area contributed by atoms with E-state index in [1.54, 1.807) is 12.1 Å². The van der Waals surface area contributed by atoms with E-state index in [-0.39, 0.29) is 23.4 Å². The van der Waals surface area contributed by atoms with Crippen molar-refractivity contribution in [1.82, 2.24) is 4.90 Å². The summed E-state index contributed by atoms with van der Waals surface area (Å²) in [5.74, 6) is 0.0606. The molecule has 1 aliphatic heterocycles. The fourth-order valence-corrected chi connectivity index (χ4v) is 3.74. The van der Waals surface area contributed by atoms with Crippen LogP contribution in [0.1, 0.15) is 24.1 Å². The smallest absolute Gasteiger partial charge is 0.241 e. The van der Waals surface area contributed by atoms with Gasteiger partial charge in [-0.15, -0.1) is 0 Å². The number of carbonyl (C=O) groups excluding carboxylic acids is 1. The Balaban J connectivity index is 1.68. The van der Waals surface area contributed by atoms with Crippen LogP contribution in [0.5, 0.6) is 0 Å². The van der Waals surface area contributed by atoms with E-state index in [1.807, 2.05) is 42.0 Å². The molecule has 0 saturated carbocycles. The van der Waals surface area contributed by atoms with Crippen LogP contribution in [0.3, 0.4) is 0 Å². The Morgan fingerprint density at radius 3 is 2.50 bits per heavy atom. The second-order valence-corrected chi connectivity index (χ2v) is 8.19. The van der Waals surface area contributed by atoms with Gasteiger partial charge in [-0.1, -0.05) is 30.3 Å². The molecule has 1 aliphatic rings. The summed E-state index contributed by atoms with van der Waals surface area (Å²) < 4.78 is 22.7. The highest BCUT2D eigenvalue weighted by atomic mass is 32.2. The molecule has 1 heterocycles. The second kappa shape index (κ2) is 7.19. The Morgan fingerprint density at radius 2 is 1.85 bits per heavy atom. The lowest BCUT2D eigenvalue weighted by Gasteiger charge is -2.27. The highest BCUT2D eigenvalue weighted by Crippen LogP contribution is 2.28. The molecule has 2 aromatic rings. The third-order valence-corrected chi connectivity index (χ3v) is 5.85. The van der Waals surface area contributed by atoms with Crippen LogP contribution in [0.25, 0.3) is 0 Å². The summed E-state index contributed by atoms with van der Waals surface area (Å²) in [6.07, 6.45) is 0.885. The van der Waals surface area contributed by atoms with Gasteiger partial charge in [-0.25, -0.2) is 13.6 Å². The van der Waals surface area contributed by atoms with Gasteiger partial charge in [0.2, 0.25) is 15.9 Å². The number of sulfonamides is 1. The maximum atomic E-state index is 12.7. The average molecular weight is 373 g/mol. The van der Waals surface area contributed by atoms with Crippen LogP contribution in [0.4, 0.5) is 5.69 Å². The zero-order valence-electron chi connectivity index (χ0n) is 14.9. The number of hydrogen-bond acceptors (Lipinski definition) is 4. The van der Waals surface area contributed by atoms with Crippen molar-refractivity contribution < 1.29 is 13.2 Å². The number of anilines is 1. The van der Waals surface area contributed by atoms with Crippen molar-refractivity contribution in [2.24, 2.45) is 5.14 Å². The van der Waals surface area contributed by atoms with E-state index in [2.05, 4.69) is 6.07 Å². The first-order chi connectivity index (χ1) is 12.3. The molecule has 0 spiro atoms. The van der Waals surface area contributed by atoms with E-state index in [4.69, 9.17) is 5.14 Å². The normalized spacial score (nSPS) is 15.2. The van der Waals surface area contributed by atoms with E-state index < -0.39 is 10.0 Å². The van der Waals surface area contributed by atoms with Crippen molar-refractivity contribution in [3.63, 3.8) is 0 Å². The summed E-state index contributed by atoms with van der Waals surface area (Å²) in [5, 5.41) is 5.13. The van der Waals surface area contributed by atoms with Gasteiger partial charge in [0.25, 0.3) is 0 Å². The molecule has 0 saturated heterocycles. The zero-order chi connectivity index (χ0) is 18.9. The number of nitrogens with two attached hydrogens (primary N) is 1. The fraction of sp³-hybridized carbons (Fsp3) is 0.316. The Bertz CT molecular complexity index is 910. The molecule has 0 fully saturated rings. The highest BCUT2D eigenvalue weighted by molar-refractivity contribution is 7.89. The first-order valence-electron chi connectivity index (χ1n) is 8.48. The van der Waals surface area contributed by atoms with Gasteiger partial charge in [-0.05, 0) is 49.7 Å². The molecule has 0 unspecified atom stereocenters. The number of benzene rings is 2. The number of rotatable bonds is 5.